The second-order valence-corrected chi connectivity index (χ2v) is 21.4. The van der Waals surface area contributed by atoms with Gasteiger partial charge >= 0.3 is 0 Å². The third kappa shape index (κ3) is 15.7. The SMILES string of the molecule is CNc1cc(OCc2cc(COc3cc(NC(C4Cc5ccccc5N4C)S(=O)(=O)O)c(C=O)cc3OC)cc(NC(=O)CNC(=O)CNC(=O)CNC(=O)CCC(C)(C)SSC)c2)c(OC)cc1C=O. The number of likely N-dealkylation sites (N-methyl/N-ethyl adjacent to an activating group) is 1. The summed E-state index contributed by atoms with van der Waals surface area (Å²) in [4.78, 5) is 76.3. The number of para-hydroxylation sites is 1. The molecular formula is C48H59N7O13S3. The molecule has 0 fully saturated rings. The van der Waals surface area contributed by atoms with Gasteiger partial charge in [0.25, 0.3) is 10.1 Å². The number of hydrogen-bond donors (Lipinski definition) is 7. The van der Waals surface area contributed by atoms with Crippen molar-refractivity contribution in [2.45, 2.75) is 62.5 Å². The number of fused-ring (bicyclic) bond motifs is 1. The van der Waals surface area contributed by atoms with Gasteiger partial charge in [0.2, 0.25) is 23.6 Å². The van der Waals surface area contributed by atoms with Crippen LogP contribution < -0.4 is 55.7 Å². The molecular weight excluding hydrogens is 979 g/mol. The van der Waals surface area contributed by atoms with E-state index in [2.05, 4.69) is 31.9 Å². The Bertz CT molecular complexity index is 2710. The summed E-state index contributed by atoms with van der Waals surface area (Å²) in [6, 6.07) is 17.5. The summed E-state index contributed by atoms with van der Waals surface area (Å²) in [5.41, 5.74) is 3.85. The first-order chi connectivity index (χ1) is 33.8. The smallest absolute Gasteiger partial charge is 0.288 e. The van der Waals surface area contributed by atoms with Gasteiger partial charge in [-0.1, -0.05) is 39.8 Å². The summed E-state index contributed by atoms with van der Waals surface area (Å²) in [7, 11) is 4.66. The molecule has 1 heterocycles. The maximum absolute atomic E-state index is 13.2. The van der Waals surface area contributed by atoms with Gasteiger partial charge < -0.3 is 55.7 Å². The molecule has 0 spiro atoms. The zero-order valence-electron chi connectivity index (χ0n) is 40.3. The molecule has 0 saturated heterocycles. The Morgan fingerprint density at radius 2 is 1.32 bits per heavy atom. The van der Waals surface area contributed by atoms with Gasteiger partial charge in [-0.3, -0.25) is 33.3 Å². The standard InChI is InChI=1S/C48H59N7O13S3/c1-48(2,70-69-7)13-12-43(58)50-22-44(59)51-23-45(60)52-24-46(61)53-34-15-29(27-67-41-20-35(49-3)32(25-56)18-39(41)65-5)14-30(16-34)28-68-42-21-36(33(26-57)19-40(42)66-6)54-47(71(62,63)64)38-17-31-10-8-9-11-37(31)55(38)4/h8-11,14-16,18-21,25-26,38,47,49,54H,12-13,17,22-24,27-28H2,1-7H3,(H,50,58)(H,51,59)(H,52,60)(H,53,61)(H,62,63,64). The van der Waals surface area contributed by atoms with E-state index in [1.807, 2.05) is 44.4 Å². The lowest BCUT2D eigenvalue weighted by atomic mass is 10.1. The largest absolute Gasteiger partial charge is 0.493 e. The molecule has 0 bridgehead atoms. The summed E-state index contributed by atoms with van der Waals surface area (Å²) < 4.78 is 59.7. The van der Waals surface area contributed by atoms with E-state index in [1.54, 1.807) is 64.8 Å². The number of ether oxygens (including phenoxy) is 4. The zero-order valence-corrected chi connectivity index (χ0v) is 42.8. The maximum atomic E-state index is 13.2. The highest BCUT2D eigenvalue weighted by atomic mass is 33.1. The van der Waals surface area contributed by atoms with Crippen LogP contribution in [0.4, 0.5) is 22.7 Å². The van der Waals surface area contributed by atoms with E-state index in [1.165, 1.54) is 32.4 Å². The fourth-order valence-electron chi connectivity index (χ4n) is 7.59. The minimum Gasteiger partial charge on any atom is -0.493 e. The van der Waals surface area contributed by atoms with Crippen LogP contribution in [0, 0.1) is 0 Å². The topological polar surface area (TPSA) is 269 Å². The highest BCUT2D eigenvalue weighted by Gasteiger charge is 2.40. The number of nitrogens with one attached hydrogen (secondary N) is 6. The summed E-state index contributed by atoms with van der Waals surface area (Å²) in [6.45, 7) is 2.56. The molecule has 382 valence electrons. The highest BCUT2D eigenvalue weighted by molar-refractivity contribution is 8.76. The molecule has 0 aromatic heterocycles. The van der Waals surface area contributed by atoms with Crippen molar-refractivity contribution in [1.29, 1.82) is 0 Å². The molecule has 0 radical (unpaired) electrons. The molecule has 0 saturated carbocycles. The van der Waals surface area contributed by atoms with Crippen molar-refractivity contribution in [3.63, 3.8) is 0 Å². The molecule has 20 nitrogen and oxygen atoms in total. The summed E-state index contributed by atoms with van der Waals surface area (Å²) in [5.74, 6) is -1.36. The van der Waals surface area contributed by atoms with Crippen molar-refractivity contribution in [2.75, 3.05) is 75.1 Å². The van der Waals surface area contributed by atoms with Crippen LogP contribution in [0.2, 0.25) is 0 Å². The first kappa shape index (κ1) is 55.2. The van der Waals surface area contributed by atoms with Crippen LogP contribution >= 0.6 is 21.6 Å². The van der Waals surface area contributed by atoms with Crippen molar-refractivity contribution < 1.29 is 60.7 Å². The first-order valence-corrected chi connectivity index (χ1v) is 26.1. The van der Waals surface area contributed by atoms with Crippen LogP contribution in [-0.2, 0) is 48.9 Å². The Hall–Kier alpha value is -6.69. The van der Waals surface area contributed by atoms with Crippen LogP contribution in [-0.4, -0.2) is 120 Å². The molecule has 5 rings (SSSR count). The molecule has 2 atom stereocenters. The minimum atomic E-state index is -4.76. The Kier molecular flexibility index (Phi) is 19.8. The third-order valence-electron chi connectivity index (χ3n) is 11.2. The molecule has 4 aromatic rings. The second kappa shape index (κ2) is 25.4. The minimum absolute atomic E-state index is 0.0257. The molecule has 4 aromatic carbocycles. The van der Waals surface area contributed by atoms with E-state index >= 15 is 0 Å². The van der Waals surface area contributed by atoms with Crippen LogP contribution in [0.1, 0.15) is 64.1 Å². The number of carbonyl (C=O) groups is 6. The van der Waals surface area contributed by atoms with Gasteiger partial charge in [0.15, 0.2) is 40.9 Å². The van der Waals surface area contributed by atoms with Gasteiger partial charge in [-0.05, 0) is 86.0 Å². The van der Waals surface area contributed by atoms with E-state index < -0.39 is 52.3 Å². The lowest BCUT2D eigenvalue weighted by Gasteiger charge is -2.30. The maximum Gasteiger partial charge on any atom is 0.288 e. The Balaban J connectivity index is 1.31. The molecule has 1 aliphatic rings. The zero-order chi connectivity index (χ0) is 51.9. The summed E-state index contributed by atoms with van der Waals surface area (Å²) in [6.07, 6.45) is 4.28. The summed E-state index contributed by atoms with van der Waals surface area (Å²) in [5, 5.41) is 14.4. The Morgan fingerprint density at radius 1 is 0.789 bits per heavy atom. The number of rotatable bonds is 27. The van der Waals surface area contributed by atoms with Crippen molar-refractivity contribution >= 4 is 90.7 Å². The predicted octanol–water partition coefficient (Wildman–Crippen LogP) is 5.07. The van der Waals surface area contributed by atoms with Gasteiger partial charge in [-0.2, -0.15) is 8.42 Å². The number of aldehydes is 2. The van der Waals surface area contributed by atoms with Crippen LogP contribution in [0.3, 0.4) is 0 Å². The highest BCUT2D eigenvalue weighted by Crippen LogP contribution is 2.39. The van der Waals surface area contributed by atoms with E-state index in [0.29, 0.717) is 47.1 Å². The van der Waals surface area contributed by atoms with E-state index in [9.17, 15) is 41.7 Å². The van der Waals surface area contributed by atoms with Crippen molar-refractivity contribution in [1.82, 2.24) is 16.0 Å². The normalized spacial score (nSPS) is 13.5. The fraction of sp³-hybridized carbons (Fsp3) is 0.375. The third-order valence-corrected chi connectivity index (χ3v) is 14.9. The number of hydrogen-bond acceptors (Lipinski definition) is 17. The second-order valence-electron chi connectivity index (χ2n) is 16.8. The molecule has 71 heavy (non-hydrogen) atoms. The lowest BCUT2D eigenvalue weighted by molar-refractivity contribution is -0.128. The van der Waals surface area contributed by atoms with Gasteiger partial charge in [-0.15, -0.1) is 0 Å². The van der Waals surface area contributed by atoms with Gasteiger partial charge in [0, 0.05) is 71.3 Å². The first-order valence-electron chi connectivity index (χ1n) is 22.1. The molecule has 0 aliphatic carbocycles. The average Bonchev–Trinajstić information content (AvgIpc) is 3.68. The number of carbonyl (C=O) groups excluding carboxylic acids is 6. The van der Waals surface area contributed by atoms with Crippen molar-refractivity contribution in [3.8, 4) is 23.0 Å². The summed E-state index contributed by atoms with van der Waals surface area (Å²) >= 11 is 0. The van der Waals surface area contributed by atoms with Crippen LogP contribution in [0.5, 0.6) is 23.0 Å². The molecule has 4 amide bonds. The lowest BCUT2D eigenvalue weighted by Crippen LogP contribution is -2.48. The van der Waals surface area contributed by atoms with Crippen molar-refractivity contribution in [2.24, 2.45) is 0 Å². The number of benzene rings is 4. The van der Waals surface area contributed by atoms with E-state index in [0.717, 1.165) is 11.3 Å². The molecule has 2 unspecified atom stereocenters. The van der Waals surface area contributed by atoms with Crippen molar-refractivity contribution in [3.05, 3.63) is 94.5 Å². The van der Waals surface area contributed by atoms with Gasteiger partial charge in [-0.25, -0.2) is 0 Å². The quantitative estimate of drug-likeness (QED) is 0.0233. The number of anilines is 4. The van der Waals surface area contributed by atoms with Gasteiger partial charge in [0.1, 0.15) is 13.2 Å². The Labute approximate surface area is 420 Å². The monoisotopic (exact) mass is 1040 g/mol. The molecule has 1 aliphatic heterocycles. The Morgan fingerprint density at radius 3 is 1.85 bits per heavy atom. The van der Waals surface area contributed by atoms with Gasteiger partial charge in [0.05, 0.1) is 39.9 Å². The van der Waals surface area contributed by atoms with Crippen LogP contribution in [0.25, 0.3) is 0 Å². The fourth-order valence-corrected chi connectivity index (χ4v) is 10.8. The van der Waals surface area contributed by atoms with E-state index in [-0.39, 0.29) is 77.4 Å². The molecule has 23 heteroatoms. The number of nitrogens with zero attached hydrogens (tertiary/aromatic N) is 1. The predicted molar refractivity (Wildman–Crippen MR) is 275 cm³/mol. The number of methoxy groups -OCH3 is 2. The average molecular weight is 1040 g/mol. The van der Waals surface area contributed by atoms with Crippen LogP contribution in [0.15, 0.2) is 66.7 Å². The molecule has 7 N–H and O–H groups in total. The van der Waals surface area contributed by atoms with E-state index in [4.69, 9.17) is 18.9 Å². The number of amides is 4.